The first-order valence-corrected chi connectivity index (χ1v) is 7.13. The summed E-state index contributed by atoms with van der Waals surface area (Å²) >= 11 is 0. The van der Waals surface area contributed by atoms with E-state index in [1.165, 1.54) is 0 Å². The topological polar surface area (TPSA) is 195 Å². The number of aliphatic hydroxyl groups is 5. The van der Waals surface area contributed by atoms with Crippen molar-refractivity contribution in [3.8, 4) is 0 Å². The quantitative estimate of drug-likeness (QED) is 0.244. The van der Waals surface area contributed by atoms with E-state index in [1.807, 2.05) is 0 Å². The van der Waals surface area contributed by atoms with Crippen LogP contribution in [0.2, 0.25) is 0 Å². The minimum Gasteiger partial charge on any atom is -0.480 e. The molecule has 11 nitrogen and oxygen atoms in total. The van der Waals surface area contributed by atoms with Gasteiger partial charge in [0, 0.05) is 6.54 Å². The third-order valence-corrected chi connectivity index (χ3v) is 4.09. The average Bonchev–Trinajstić information content (AvgIpc) is 2.51. The molecule has 0 saturated carbocycles. The predicted molar refractivity (Wildman–Crippen MR) is 72.0 cm³/mol. The normalized spacial score (nSPS) is 48.2. The molecule has 2 aliphatic rings. The fourth-order valence-corrected chi connectivity index (χ4v) is 2.67. The lowest BCUT2D eigenvalue weighted by atomic mass is 9.94. The van der Waals surface area contributed by atoms with E-state index in [0.717, 1.165) is 0 Å². The number of piperidine rings is 1. The van der Waals surface area contributed by atoms with Crippen molar-refractivity contribution in [1.29, 1.82) is 0 Å². The molecular formula is C12H22N2O9. The molecule has 0 amide bonds. The first-order chi connectivity index (χ1) is 10.8. The summed E-state index contributed by atoms with van der Waals surface area (Å²) in [5, 5.41) is 60.0. The minimum absolute atomic E-state index is 0.143. The van der Waals surface area contributed by atoms with Gasteiger partial charge in [-0.3, -0.25) is 10.1 Å². The largest absolute Gasteiger partial charge is 0.480 e. The summed E-state index contributed by atoms with van der Waals surface area (Å²) in [5.41, 5.74) is 5.70. The van der Waals surface area contributed by atoms with Crippen LogP contribution in [0.25, 0.3) is 0 Å². The van der Waals surface area contributed by atoms with E-state index in [1.54, 1.807) is 0 Å². The molecule has 0 spiro atoms. The summed E-state index contributed by atoms with van der Waals surface area (Å²) < 4.78 is 10.6. The highest BCUT2D eigenvalue weighted by Gasteiger charge is 2.48. The Hall–Kier alpha value is -0.890. The molecule has 2 fully saturated rings. The zero-order chi connectivity index (χ0) is 17.3. The van der Waals surface area contributed by atoms with Gasteiger partial charge in [-0.05, 0) is 0 Å². The Morgan fingerprint density at radius 3 is 2.43 bits per heavy atom. The van der Waals surface area contributed by atoms with Gasteiger partial charge in [-0.2, -0.15) is 0 Å². The van der Waals surface area contributed by atoms with E-state index >= 15 is 0 Å². The number of nitrogens with one attached hydrogen (secondary N) is 1. The molecule has 2 rings (SSSR count). The lowest BCUT2D eigenvalue weighted by Crippen LogP contribution is -2.68. The number of nitrogens with two attached hydrogens (primary N) is 1. The zero-order valence-corrected chi connectivity index (χ0v) is 12.1. The van der Waals surface area contributed by atoms with E-state index in [4.69, 9.17) is 25.4 Å². The highest BCUT2D eigenvalue weighted by molar-refractivity contribution is 5.74. The maximum atomic E-state index is 11.2. The van der Waals surface area contributed by atoms with Gasteiger partial charge in [-0.15, -0.1) is 0 Å². The van der Waals surface area contributed by atoms with E-state index in [-0.39, 0.29) is 6.54 Å². The predicted octanol–water partition coefficient (Wildman–Crippen LogP) is -5.08. The average molecular weight is 338 g/mol. The molecule has 0 aromatic rings. The molecule has 0 aromatic heterocycles. The molecular weight excluding hydrogens is 316 g/mol. The van der Waals surface area contributed by atoms with E-state index in [0.29, 0.717) is 0 Å². The highest BCUT2D eigenvalue weighted by atomic mass is 16.7. The molecule has 0 aromatic carbocycles. The Labute approximate surface area is 131 Å². The van der Waals surface area contributed by atoms with Gasteiger partial charge in [0.25, 0.3) is 0 Å². The van der Waals surface area contributed by atoms with Crippen LogP contribution in [0.5, 0.6) is 0 Å². The monoisotopic (exact) mass is 338 g/mol. The Morgan fingerprint density at radius 1 is 1.22 bits per heavy atom. The van der Waals surface area contributed by atoms with Crippen LogP contribution in [-0.2, 0) is 14.3 Å². The maximum Gasteiger partial charge on any atom is 0.323 e. The van der Waals surface area contributed by atoms with Crippen LogP contribution < -0.4 is 11.1 Å². The van der Waals surface area contributed by atoms with Gasteiger partial charge >= 0.3 is 5.97 Å². The van der Waals surface area contributed by atoms with Crippen molar-refractivity contribution in [2.24, 2.45) is 5.73 Å². The number of carbonyl (C=O) groups is 1. The first kappa shape index (κ1) is 18.4. The smallest absolute Gasteiger partial charge is 0.323 e. The van der Waals surface area contributed by atoms with Crippen LogP contribution in [0.3, 0.4) is 0 Å². The Bertz CT molecular complexity index is 423. The van der Waals surface area contributed by atoms with E-state index in [9.17, 15) is 25.2 Å². The molecule has 0 radical (unpaired) electrons. The zero-order valence-electron chi connectivity index (χ0n) is 12.1. The summed E-state index contributed by atoms with van der Waals surface area (Å²) in [5.74, 6) is -1.32. The number of ether oxygens (including phenoxy) is 2. The third kappa shape index (κ3) is 3.63. The van der Waals surface area contributed by atoms with Gasteiger partial charge in [0.1, 0.15) is 36.6 Å². The first-order valence-electron chi connectivity index (χ1n) is 7.13. The van der Waals surface area contributed by atoms with Gasteiger partial charge in [-0.1, -0.05) is 0 Å². The second-order valence-electron chi connectivity index (χ2n) is 5.67. The van der Waals surface area contributed by atoms with E-state index < -0.39 is 67.6 Å². The van der Waals surface area contributed by atoms with Crippen LogP contribution in [0.15, 0.2) is 0 Å². The number of rotatable bonds is 4. The molecule has 9 N–H and O–H groups in total. The van der Waals surface area contributed by atoms with Crippen LogP contribution in [0.1, 0.15) is 0 Å². The second-order valence-corrected chi connectivity index (χ2v) is 5.67. The summed E-state index contributed by atoms with van der Waals surface area (Å²) in [6.45, 7) is -0.766. The number of hydrogen-bond acceptors (Lipinski definition) is 10. The molecule has 2 aliphatic heterocycles. The third-order valence-electron chi connectivity index (χ3n) is 4.09. The second kappa shape index (κ2) is 7.34. The van der Waals surface area contributed by atoms with Crippen molar-refractivity contribution in [3.63, 3.8) is 0 Å². The van der Waals surface area contributed by atoms with Crippen molar-refractivity contribution in [1.82, 2.24) is 5.32 Å². The van der Waals surface area contributed by atoms with Gasteiger partial charge in [0.05, 0.1) is 18.8 Å². The molecule has 9 atom stereocenters. The molecule has 23 heavy (non-hydrogen) atoms. The molecule has 134 valence electrons. The van der Waals surface area contributed by atoms with Crippen LogP contribution in [0, 0.1) is 0 Å². The van der Waals surface area contributed by atoms with Crippen molar-refractivity contribution in [3.05, 3.63) is 0 Å². The van der Waals surface area contributed by atoms with Gasteiger partial charge in [0.15, 0.2) is 6.29 Å². The highest BCUT2D eigenvalue weighted by Crippen LogP contribution is 2.25. The standard InChI is InChI=1S/C12H22N2O9/c13-5-9(19)8(18)4(2-15)22-12(5)23-10-6(11(20)21)14-1-3(16)7(10)17/h3-10,12,14-19H,1-2,13H2,(H,20,21)/t3?,4?,5?,6?,7?,8-,9?,10-,12-/m1/s1. The van der Waals surface area contributed by atoms with Crippen molar-refractivity contribution in [2.45, 2.75) is 55.0 Å². The number of hydrogen-bond donors (Lipinski definition) is 8. The van der Waals surface area contributed by atoms with Crippen molar-refractivity contribution >= 4 is 5.97 Å². The molecule has 0 bridgehead atoms. The summed E-state index contributed by atoms with van der Waals surface area (Å²) in [6, 6.07) is -2.57. The molecule has 2 saturated heterocycles. The summed E-state index contributed by atoms with van der Waals surface area (Å²) in [6.07, 6.45) is -9.69. The van der Waals surface area contributed by atoms with Crippen LogP contribution in [-0.4, -0.2) is 105 Å². The molecule has 2 heterocycles. The van der Waals surface area contributed by atoms with Crippen LogP contribution in [0.4, 0.5) is 0 Å². The lowest BCUT2D eigenvalue weighted by molar-refractivity contribution is -0.293. The Kier molecular flexibility index (Phi) is 5.89. The van der Waals surface area contributed by atoms with Gasteiger partial charge in [0.2, 0.25) is 0 Å². The summed E-state index contributed by atoms with van der Waals surface area (Å²) in [7, 11) is 0. The van der Waals surface area contributed by atoms with Gasteiger partial charge < -0.3 is 45.8 Å². The number of aliphatic hydroxyl groups excluding tert-OH is 5. The number of aliphatic carboxylic acids is 1. The fourth-order valence-electron chi connectivity index (χ4n) is 2.67. The lowest BCUT2D eigenvalue weighted by Gasteiger charge is -2.44. The Morgan fingerprint density at radius 2 is 1.87 bits per heavy atom. The summed E-state index contributed by atoms with van der Waals surface area (Å²) in [4.78, 5) is 11.2. The van der Waals surface area contributed by atoms with Gasteiger partial charge in [-0.25, -0.2) is 0 Å². The molecule has 11 heteroatoms. The SMILES string of the molecule is NC1C(O)[C@H](O)C(CO)O[C@@H]1O[C@@H]1C(C(=O)O)NCC(O)C1O. The maximum absolute atomic E-state index is 11.2. The Balaban J connectivity index is 2.15. The fraction of sp³-hybridized carbons (Fsp3) is 0.917. The van der Waals surface area contributed by atoms with E-state index in [2.05, 4.69) is 5.32 Å². The van der Waals surface area contributed by atoms with Crippen LogP contribution >= 0.6 is 0 Å². The van der Waals surface area contributed by atoms with Crippen molar-refractivity contribution in [2.75, 3.05) is 13.2 Å². The number of carboxylic acid groups (broad SMARTS) is 1. The number of β-amino-alcohol motifs (C(OH)–C–C–N with tert-alkyl or cyclic N) is 1. The minimum atomic E-state index is -1.52. The van der Waals surface area contributed by atoms with Crippen molar-refractivity contribution < 1.29 is 44.9 Å². The molecule has 0 aliphatic carbocycles. The number of carboxylic acids is 1. The molecule has 6 unspecified atom stereocenters.